The van der Waals surface area contributed by atoms with Crippen LogP contribution in [0.3, 0.4) is 0 Å². The number of halogens is 1. The maximum absolute atomic E-state index is 13.6. The Labute approximate surface area is 141 Å². The second-order valence-corrected chi connectivity index (χ2v) is 7.48. The van der Waals surface area contributed by atoms with E-state index in [0.29, 0.717) is 5.69 Å². The second kappa shape index (κ2) is 6.78. The highest BCUT2D eigenvalue weighted by molar-refractivity contribution is 7.91. The van der Waals surface area contributed by atoms with Crippen LogP contribution in [0.4, 0.5) is 15.8 Å². The molecular weight excluding hydrogens is 331 g/mol. The summed E-state index contributed by atoms with van der Waals surface area (Å²) in [5, 5.41) is 0. The summed E-state index contributed by atoms with van der Waals surface area (Å²) in [6.07, 6.45) is 0.254. The third-order valence-corrected chi connectivity index (χ3v) is 5.23. The molecule has 1 aliphatic heterocycles. The number of sulfonamides is 1. The number of methoxy groups -OCH3 is 1. The van der Waals surface area contributed by atoms with Crippen LogP contribution in [0, 0.1) is 5.82 Å². The predicted octanol–water partition coefficient (Wildman–Crippen LogP) is 2.60. The van der Waals surface area contributed by atoms with E-state index in [1.54, 1.807) is 25.3 Å². The first kappa shape index (κ1) is 16.7. The number of rotatable bonds is 6. The molecule has 0 bridgehead atoms. The molecule has 0 aromatic heterocycles. The molecule has 3 rings (SSSR count). The molecule has 0 aliphatic carbocycles. The molecule has 5 nitrogen and oxygen atoms in total. The van der Waals surface area contributed by atoms with Gasteiger partial charge in [-0.3, -0.25) is 4.72 Å². The fourth-order valence-electron chi connectivity index (χ4n) is 2.57. The molecule has 1 fully saturated rings. The van der Waals surface area contributed by atoms with Crippen LogP contribution in [0.1, 0.15) is 5.56 Å². The van der Waals surface area contributed by atoms with Crippen molar-refractivity contribution in [3.8, 4) is 0 Å². The van der Waals surface area contributed by atoms with Gasteiger partial charge in [0, 0.05) is 37.1 Å². The Morgan fingerprint density at radius 1 is 1.17 bits per heavy atom. The number of nitrogens with one attached hydrogen (secondary N) is 1. The Balaban J connectivity index is 1.64. The minimum absolute atomic E-state index is 0.146. The van der Waals surface area contributed by atoms with E-state index in [4.69, 9.17) is 4.74 Å². The molecule has 0 amide bonds. The average molecular weight is 350 g/mol. The van der Waals surface area contributed by atoms with E-state index < -0.39 is 21.6 Å². The summed E-state index contributed by atoms with van der Waals surface area (Å²) < 4.78 is 45.7. The van der Waals surface area contributed by atoms with Gasteiger partial charge < -0.3 is 9.64 Å². The van der Waals surface area contributed by atoms with Crippen LogP contribution in [0.2, 0.25) is 0 Å². The SMILES string of the molecule is COC1CN(c2ccc(NS(=O)(=O)Cc3ccccc3F)cc2)C1. The smallest absolute Gasteiger partial charge is 0.237 e. The Hall–Kier alpha value is -2.12. The highest BCUT2D eigenvalue weighted by Crippen LogP contribution is 2.24. The van der Waals surface area contributed by atoms with E-state index in [-0.39, 0.29) is 11.7 Å². The molecule has 0 radical (unpaired) electrons. The van der Waals surface area contributed by atoms with Gasteiger partial charge in [-0.1, -0.05) is 18.2 Å². The summed E-state index contributed by atoms with van der Waals surface area (Å²) in [6.45, 7) is 1.66. The van der Waals surface area contributed by atoms with Gasteiger partial charge in [0.25, 0.3) is 0 Å². The molecule has 1 saturated heterocycles. The molecule has 1 aliphatic rings. The van der Waals surface area contributed by atoms with Crippen LogP contribution in [0.15, 0.2) is 48.5 Å². The number of nitrogens with zero attached hydrogens (tertiary/aromatic N) is 1. The van der Waals surface area contributed by atoms with Gasteiger partial charge in [0.15, 0.2) is 0 Å². The van der Waals surface area contributed by atoms with Crippen LogP contribution in [0.25, 0.3) is 0 Å². The highest BCUT2D eigenvalue weighted by Gasteiger charge is 2.26. The van der Waals surface area contributed by atoms with E-state index in [1.165, 1.54) is 18.2 Å². The number of benzene rings is 2. The van der Waals surface area contributed by atoms with Crippen LogP contribution < -0.4 is 9.62 Å². The van der Waals surface area contributed by atoms with Gasteiger partial charge in [-0.05, 0) is 30.3 Å². The summed E-state index contributed by atoms with van der Waals surface area (Å²) in [4.78, 5) is 2.14. The number of ether oxygens (including phenoxy) is 1. The van der Waals surface area contributed by atoms with Gasteiger partial charge >= 0.3 is 0 Å². The molecule has 0 spiro atoms. The standard InChI is InChI=1S/C17H19FN2O3S/c1-23-16-10-20(11-16)15-8-6-14(7-9-15)19-24(21,22)12-13-4-2-3-5-17(13)18/h2-9,16,19H,10-12H2,1H3. The molecule has 0 atom stereocenters. The zero-order chi connectivity index (χ0) is 17.2. The van der Waals surface area contributed by atoms with E-state index >= 15 is 0 Å². The number of anilines is 2. The van der Waals surface area contributed by atoms with Crippen molar-refractivity contribution in [3.05, 3.63) is 59.9 Å². The molecule has 0 saturated carbocycles. The quantitative estimate of drug-likeness (QED) is 0.870. The summed E-state index contributed by atoms with van der Waals surface area (Å²) in [6, 6.07) is 13.0. The van der Waals surface area contributed by atoms with Gasteiger partial charge in [-0.2, -0.15) is 0 Å². The molecule has 128 valence electrons. The van der Waals surface area contributed by atoms with Gasteiger partial charge in [0.2, 0.25) is 10.0 Å². The molecule has 2 aromatic carbocycles. The van der Waals surface area contributed by atoms with Crippen LogP contribution >= 0.6 is 0 Å². The van der Waals surface area contributed by atoms with Gasteiger partial charge in [-0.25, -0.2) is 12.8 Å². The third kappa shape index (κ3) is 3.85. The Morgan fingerprint density at radius 3 is 2.46 bits per heavy atom. The lowest BCUT2D eigenvalue weighted by Gasteiger charge is -2.40. The summed E-state index contributed by atoms with van der Waals surface area (Å²) in [5.41, 5.74) is 1.62. The van der Waals surface area contributed by atoms with E-state index in [1.807, 2.05) is 12.1 Å². The van der Waals surface area contributed by atoms with Gasteiger partial charge in [0.1, 0.15) is 5.82 Å². The fraction of sp³-hybridized carbons (Fsp3) is 0.294. The number of hydrogen-bond acceptors (Lipinski definition) is 4. The van der Waals surface area contributed by atoms with Crippen molar-refractivity contribution in [2.75, 3.05) is 29.8 Å². The van der Waals surface area contributed by atoms with Crippen molar-refractivity contribution in [1.29, 1.82) is 0 Å². The Kier molecular flexibility index (Phi) is 4.73. The molecular formula is C17H19FN2O3S. The Morgan fingerprint density at radius 2 is 1.83 bits per heavy atom. The lowest BCUT2D eigenvalue weighted by Crippen LogP contribution is -2.51. The molecule has 2 aromatic rings. The summed E-state index contributed by atoms with van der Waals surface area (Å²) in [7, 11) is -1.98. The minimum atomic E-state index is -3.67. The first-order valence-electron chi connectivity index (χ1n) is 7.58. The lowest BCUT2D eigenvalue weighted by molar-refractivity contribution is 0.0788. The van der Waals surface area contributed by atoms with Crippen LogP contribution in [-0.2, 0) is 20.5 Å². The first-order chi connectivity index (χ1) is 11.5. The molecule has 7 heteroatoms. The maximum Gasteiger partial charge on any atom is 0.237 e. The molecule has 24 heavy (non-hydrogen) atoms. The molecule has 1 N–H and O–H groups in total. The largest absolute Gasteiger partial charge is 0.378 e. The lowest BCUT2D eigenvalue weighted by atomic mass is 10.1. The van der Waals surface area contributed by atoms with Gasteiger partial charge in [-0.15, -0.1) is 0 Å². The average Bonchev–Trinajstić information content (AvgIpc) is 2.50. The van der Waals surface area contributed by atoms with Crippen molar-refractivity contribution in [1.82, 2.24) is 0 Å². The van der Waals surface area contributed by atoms with E-state index in [9.17, 15) is 12.8 Å². The monoisotopic (exact) mass is 350 g/mol. The van der Waals surface area contributed by atoms with Crippen molar-refractivity contribution in [2.45, 2.75) is 11.9 Å². The third-order valence-electron chi connectivity index (χ3n) is 3.99. The zero-order valence-corrected chi connectivity index (χ0v) is 14.1. The number of hydrogen-bond donors (Lipinski definition) is 1. The van der Waals surface area contributed by atoms with Gasteiger partial charge in [0.05, 0.1) is 11.9 Å². The topological polar surface area (TPSA) is 58.6 Å². The summed E-state index contributed by atoms with van der Waals surface area (Å²) >= 11 is 0. The highest BCUT2D eigenvalue weighted by atomic mass is 32.2. The van der Waals surface area contributed by atoms with Crippen molar-refractivity contribution < 1.29 is 17.5 Å². The van der Waals surface area contributed by atoms with Crippen LogP contribution in [-0.4, -0.2) is 34.7 Å². The first-order valence-corrected chi connectivity index (χ1v) is 9.24. The van der Waals surface area contributed by atoms with E-state index in [0.717, 1.165) is 18.8 Å². The molecule has 0 unspecified atom stereocenters. The van der Waals surface area contributed by atoms with Crippen molar-refractivity contribution >= 4 is 21.4 Å². The predicted molar refractivity (Wildman–Crippen MR) is 92.1 cm³/mol. The Bertz CT molecular complexity index is 803. The normalized spacial score (nSPS) is 15.2. The van der Waals surface area contributed by atoms with Crippen LogP contribution in [0.5, 0.6) is 0 Å². The fourth-order valence-corrected chi connectivity index (χ4v) is 3.79. The van der Waals surface area contributed by atoms with Crippen molar-refractivity contribution in [3.63, 3.8) is 0 Å². The van der Waals surface area contributed by atoms with E-state index in [2.05, 4.69) is 9.62 Å². The second-order valence-electron chi connectivity index (χ2n) is 5.76. The van der Waals surface area contributed by atoms with Crippen molar-refractivity contribution in [2.24, 2.45) is 0 Å². The summed E-state index contributed by atoms with van der Waals surface area (Å²) in [5.74, 6) is -0.924. The zero-order valence-electron chi connectivity index (χ0n) is 13.3. The maximum atomic E-state index is 13.6. The molecule has 1 heterocycles. The minimum Gasteiger partial charge on any atom is -0.378 e.